The summed E-state index contributed by atoms with van der Waals surface area (Å²) in [5.41, 5.74) is 4.33. The van der Waals surface area contributed by atoms with Crippen LogP contribution in [0.3, 0.4) is 0 Å². The SMILES string of the molecule is CC(C)C(C)CNCc1cccc2c1CCCN2. The first kappa shape index (κ1) is 13.4. The molecular formula is C16H26N2. The van der Waals surface area contributed by atoms with Crippen molar-refractivity contribution in [3.8, 4) is 0 Å². The van der Waals surface area contributed by atoms with Gasteiger partial charge in [-0.05, 0) is 48.4 Å². The fourth-order valence-corrected chi connectivity index (χ4v) is 2.42. The van der Waals surface area contributed by atoms with E-state index in [1.807, 2.05) is 0 Å². The Bertz CT molecular complexity index is 385. The van der Waals surface area contributed by atoms with Crippen molar-refractivity contribution in [2.24, 2.45) is 11.8 Å². The van der Waals surface area contributed by atoms with E-state index in [0.29, 0.717) is 0 Å². The molecule has 0 aliphatic carbocycles. The van der Waals surface area contributed by atoms with E-state index in [1.165, 1.54) is 29.7 Å². The summed E-state index contributed by atoms with van der Waals surface area (Å²) in [5.74, 6) is 1.49. The van der Waals surface area contributed by atoms with Crippen LogP contribution in [-0.2, 0) is 13.0 Å². The first-order chi connectivity index (χ1) is 8.68. The number of nitrogens with one attached hydrogen (secondary N) is 2. The molecule has 0 radical (unpaired) electrons. The standard InChI is InChI=1S/C16H26N2/c1-12(2)13(3)10-17-11-14-6-4-8-16-15(14)7-5-9-18-16/h4,6,8,12-13,17-18H,5,7,9-11H2,1-3H3. The lowest BCUT2D eigenvalue weighted by Gasteiger charge is -2.22. The zero-order valence-electron chi connectivity index (χ0n) is 11.9. The lowest BCUT2D eigenvalue weighted by Crippen LogP contribution is -2.25. The number of rotatable bonds is 5. The molecule has 1 heterocycles. The van der Waals surface area contributed by atoms with Crippen molar-refractivity contribution in [2.75, 3.05) is 18.4 Å². The van der Waals surface area contributed by atoms with E-state index in [9.17, 15) is 0 Å². The maximum Gasteiger partial charge on any atom is 0.0375 e. The molecule has 0 fully saturated rings. The van der Waals surface area contributed by atoms with Crippen LogP contribution in [0.5, 0.6) is 0 Å². The summed E-state index contributed by atoms with van der Waals surface area (Å²) >= 11 is 0. The number of hydrogen-bond acceptors (Lipinski definition) is 2. The highest BCUT2D eigenvalue weighted by atomic mass is 14.9. The van der Waals surface area contributed by atoms with Crippen molar-refractivity contribution in [2.45, 2.75) is 40.2 Å². The van der Waals surface area contributed by atoms with E-state index in [0.717, 1.165) is 31.5 Å². The van der Waals surface area contributed by atoms with Gasteiger partial charge in [-0.15, -0.1) is 0 Å². The van der Waals surface area contributed by atoms with Gasteiger partial charge in [0.05, 0.1) is 0 Å². The fourth-order valence-electron chi connectivity index (χ4n) is 2.42. The van der Waals surface area contributed by atoms with Gasteiger partial charge in [0.1, 0.15) is 0 Å². The molecule has 2 nitrogen and oxygen atoms in total. The van der Waals surface area contributed by atoms with E-state index >= 15 is 0 Å². The number of hydrogen-bond donors (Lipinski definition) is 2. The van der Waals surface area contributed by atoms with Gasteiger partial charge in [0.15, 0.2) is 0 Å². The van der Waals surface area contributed by atoms with Crippen LogP contribution >= 0.6 is 0 Å². The van der Waals surface area contributed by atoms with Gasteiger partial charge in [-0.2, -0.15) is 0 Å². The zero-order valence-corrected chi connectivity index (χ0v) is 11.9. The minimum Gasteiger partial charge on any atom is -0.385 e. The molecule has 0 spiro atoms. The first-order valence-electron chi connectivity index (χ1n) is 7.24. The summed E-state index contributed by atoms with van der Waals surface area (Å²) in [6.07, 6.45) is 2.48. The second kappa shape index (κ2) is 6.24. The predicted molar refractivity (Wildman–Crippen MR) is 79.0 cm³/mol. The topological polar surface area (TPSA) is 24.1 Å². The number of anilines is 1. The minimum absolute atomic E-state index is 0.739. The molecule has 1 unspecified atom stereocenters. The Hall–Kier alpha value is -1.02. The van der Waals surface area contributed by atoms with Gasteiger partial charge < -0.3 is 10.6 Å². The van der Waals surface area contributed by atoms with Crippen LogP contribution < -0.4 is 10.6 Å². The third kappa shape index (κ3) is 3.26. The molecule has 0 amide bonds. The highest BCUT2D eigenvalue weighted by molar-refractivity contribution is 5.56. The Morgan fingerprint density at radius 2 is 2.11 bits per heavy atom. The normalized spacial score (nSPS) is 16.2. The average molecular weight is 246 g/mol. The van der Waals surface area contributed by atoms with Gasteiger partial charge >= 0.3 is 0 Å². The van der Waals surface area contributed by atoms with Crippen LogP contribution in [0.25, 0.3) is 0 Å². The highest BCUT2D eigenvalue weighted by Gasteiger charge is 2.12. The monoisotopic (exact) mass is 246 g/mol. The highest BCUT2D eigenvalue weighted by Crippen LogP contribution is 2.25. The van der Waals surface area contributed by atoms with Crippen molar-refractivity contribution in [1.29, 1.82) is 0 Å². The molecule has 0 aromatic heterocycles. The van der Waals surface area contributed by atoms with Gasteiger partial charge in [0, 0.05) is 18.8 Å². The Morgan fingerprint density at radius 3 is 2.89 bits per heavy atom. The maximum absolute atomic E-state index is 3.61. The largest absolute Gasteiger partial charge is 0.385 e. The van der Waals surface area contributed by atoms with Crippen LogP contribution in [0.1, 0.15) is 38.3 Å². The van der Waals surface area contributed by atoms with Gasteiger partial charge in [0.25, 0.3) is 0 Å². The van der Waals surface area contributed by atoms with Crippen LogP contribution in [0.4, 0.5) is 5.69 Å². The van der Waals surface area contributed by atoms with Gasteiger partial charge in [-0.25, -0.2) is 0 Å². The Kier molecular flexibility index (Phi) is 4.65. The summed E-state index contributed by atoms with van der Waals surface area (Å²) in [4.78, 5) is 0. The summed E-state index contributed by atoms with van der Waals surface area (Å²) < 4.78 is 0. The number of benzene rings is 1. The van der Waals surface area contributed by atoms with E-state index in [4.69, 9.17) is 0 Å². The van der Waals surface area contributed by atoms with Crippen LogP contribution in [0.2, 0.25) is 0 Å². The summed E-state index contributed by atoms with van der Waals surface area (Å²) in [6, 6.07) is 6.63. The number of fused-ring (bicyclic) bond motifs is 1. The lowest BCUT2D eigenvalue weighted by molar-refractivity contribution is 0.392. The Morgan fingerprint density at radius 1 is 1.28 bits per heavy atom. The lowest BCUT2D eigenvalue weighted by atomic mass is 9.96. The molecule has 1 atom stereocenters. The molecule has 0 saturated heterocycles. The van der Waals surface area contributed by atoms with Gasteiger partial charge in [0.2, 0.25) is 0 Å². The molecule has 1 aromatic rings. The molecule has 0 saturated carbocycles. The zero-order chi connectivity index (χ0) is 13.0. The molecule has 2 rings (SSSR count). The smallest absolute Gasteiger partial charge is 0.0375 e. The molecule has 2 N–H and O–H groups in total. The molecular weight excluding hydrogens is 220 g/mol. The fraction of sp³-hybridized carbons (Fsp3) is 0.625. The second-order valence-corrected chi connectivity index (χ2v) is 5.83. The quantitative estimate of drug-likeness (QED) is 0.832. The maximum atomic E-state index is 3.61. The molecule has 0 bridgehead atoms. The third-order valence-electron chi connectivity index (χ3n) is 4.11. The van der Waals surface area contributed by atoms with Crippen molar-refractivity contribution < 1.29 is 0 Å². The Balaban J connectivity index is 1.93. The predicted octanol–water partition coefficient (Wildman–Crippen LogP) is 3.43. The van der Waals surface area contributed by atoms with E-state index in [-0.39, 0.29) is 0 Å². The van der Waals surface area contributed by atoms with Crippen molar-refractivity contribution in [1.82, 2.24) is 5.32 Å². The van der Waals surface area contributed by atoms with Crippen molar-refractivity contribution in [3.05, 3.63) is 29.3 Å². The average Bonchev–Trinajstić information content (AvgIpc) is 2.38. The second-order valence-electron chi connectivity index (χ2n) is 5.83. The summed E-state index contributed by atoms with van der Waals surface area (Å²) in [6.45, 7) is 10.1. The summed E-state index contributed by atoms with van der Waals surface area (Å²) in [7, 11) is 0. The first-order valence-corrected chi connectivity index (χ1v) is 7.24. The van der Waals surface area contributed by atoms with Crippen LogP contribution in [0, 0.1) is 11.8 Å². The van der Waals surface area contributed by atoms with Crippen LogP contribution in [0.15, 0.2) is 18.2 Å². The van der Waals surface area contributed by atoms with E-state index in [2.05, 4.69) is 49.6 Å². The van der Waals surface area contributed by atoms with Gasteiger partial charge in [-0.1, -0.05) is 32.9 Å². The molecule has 1 aliphatic rings. The molecule has 1 aromatic carbocycles. The van der Waals surface area contributed by atoms with Crippen molar-refractivity contribution in [3.63, 3.8) is 0 Å². The molecule has 1 aliphatic heterocycles. The van der Waals surface area contributed by atoms with Crippen molar-refractivity contribution >= 4 is 5.69 Å². The molecule has 2 heteroatoms. The van der Waals surface area contributed by atoms with E-state index in [1.54, 1.807) is 0 Å². The minimum atomic E-state index is 0.739. The summed E-state index contributed by atoms with van der Waals surface area (Å²) in [5, 5.41) is 7.10. The molecule has 18 heavy (non-hydrogen) atoms. The van der Waals surface area contributed by atoms with E-state index < -0.39 is 0 Å². The van der Waals surface area contributed by atoms with Gasteiger partial charge in [-0.3, -0.25) is 0 Å². The molecule has 100 valence electrons. The third-order valence-corrected chi connectivity index (χ3v) is 4.11. The Labute approximate surface area is 111 Å². The van der Waals surface area contributed by atoms with Crippen LogP contribution in [-0.4, -0.2) is 13.1 Å².